The van der Waals surface area contributed by atoms with Gasteiger partial charge in [-0.2, -0.15) is 0 Å². The molecule has 2 heterocycles. The average Bonchev–Trinajstić information content (AvgIpc) is 3.11. The third kappa shape index (κ3) is 3.65. The van der Waals surface area contributed by atoms with Crippen molar-refractivity contribution in [3.63, 3.8) is 0 Å². The lowest BCUT2D eigenvalue weighted by molar-refractivity contribution is -0.122. The summed E-state index contributed by atoms with van der Waals surface area (Å²) in [7, 11) is 3.44. The Hall–Kier alpha value is -3.06. The van der Waals surface area contributed by atoms with Crippen molar-refractivity contribution in [2.45, 2.75) is 12.8 Å². The fourth-order valence-electron chi connectivity index (χ4n) is 3.54. The molecule has 2 aromatic carbocycles. The number of amides is 2. The van der Waals surface area contributed by atoms with E-state index in [1.807, 2.05) is 48.5 Å². The van der Waals surface area contributed by atoms with Crippen LogP contribution in [0.3, 0.4) is 0 Å². The minimum atomic E-state index is -0.255. The number of hydrogen-bond donors (Lipinski definition) is 0. The second-order valence-electron chi connectivity index (χ2n) is 7.07. The third-order valence-corrected chi connectivity index (χ3v) is 6.06. The number of carbonyl (C=O) groups is 2. The molecule has 1 aliphatic rings. The van der Waals surface area contributed by atoms with Crippen LogP contribution in [0, 0.1) is 0 Å². The normalized spacial score (nSPS) is 15.8. The lowest BCUT2D eigenvalue weighted by atomic mass is 10.1. The number of benzene rings is 2. The number of hydrogen-bond acceptors (Lipinski definition) is 4. The largest absolute Gasteiger partial charge is 0.328 e. The summed E-state index contributed by atoms with van der Waals surface area (Å²) in [6, 6.07) is 15.6. The molecule has 0 unspecified atom stereocenters. The summed E-state index contributed by atoms with van der Waals surface area (Å²) in [6.45, 7) is 0.406. The Morgan fingerprint density at radius 2 is 1.66 bits per heavy atom. The monoisotopic (exact) mass is 407 g/mol. The molecule has 7 heteroatoms. The van der Waals surface area contributed by atoms with Gasteiger partial charge in [0.1, 0.15) is 0 Å². The van der Waals surface area contributed by atoms with Crippen molar-refractivity contribution >= 4 is 40.0 Å². The highest BCUT2D eigenvalue weighted by Crippen LogP contribution is 2.32. The molecule has 0 saturated carbocycles. The van der Waals surface area contributed by atoms with Gasteiger partial charge in [0, 0.05) is 20.6 Å². The molecule has 0 spiro atoms. The van der Waals surface area contributed by atoms with Gasteiger partial charge in [0.15, 0.2) is 0 Å². The van der Waals surface area contributed by atoms with Crippen molar-refractivity contribution in [2.75, 3.05) is 6.54 Å². The lowest BCUT2D eigenvalue weighted by Gasteiger charge is -2.12. The van der Waals surface area contributed by atoms with Gasteiger partial charge in [-0.15, -0.1) is 0 Å². The van der Waals surface area contributed by atoms with Crippen LogP contribution in [0.5, 0.6) is 0 Å². The average molecular weight is 407 g/mol. The Morgan fingerprint density at radius 1 is 0.931 bits per heavy atom. The Labute approximate surface area is 172 Å². The standard InChI is InChI=1S/C22H21N3O3S/c1-23-17-11-10-16(13-18(17)24(2)21(23)27)14-19-20(26)25(22(28)29-19)12-6-9-15-7-4-3-5-8-15/h3-5,7-8,10-11,13-14H,6,9,12H2,1-2H3/b19-14+. The number of carbonyl (C=O) groups excluding carboxylic acids is 2. The summed E-state index contributed by atoms with van der Waals surface area (Å²) >= 11 is 0.966. The summed E-state index contributed by atoms with van der Waals surface area (Å²) in [5.74, 6) is -0.255. The molecule has 1 fully saturated rings. The van der Waals surface area contributed by atoms with Crippen molar-refractivity contribution in [3.8, 4) is 0 Å². The number of imidazole rings is 1. The highest BCUT2D eigenvalue weighted by molar-refractivity contribution is 8.18. The SMILES string of the molecule is Cn1c(=O)n(C)c2cc(/C=C3/SC(=O)N(CCCc4ccccc4)C3=O)ccc21. The van der Waals surface area contributed by atoms with Gasteiger partial charge in [-0.1, -0.05) is 36.4 Å². The van der Waals surface area contributed by atoms with Crippen LogP contribution in [0.25, 0.3) is 17.1 Å². The fraction of sp³-hybridized carbons (Fsp3) is 0.227. The molecule has 1 saturated heterocycles. The molecule has 0 radical (unpaired) electrons. The Bertz CT molecular complexity index is 1190. The molecule has 0 N–H and O–H groups in total. The number of imide groups is 1. The number of rotatable bonds is 5. The number of aromatic nitrogens is 2. The molecule has 1 aromatic heterocycles. The highest BCUT2D eigenvalue weighted by Gasteiger charge is 2.34. The molecule has 6 nitrogen and oxygen atoms in total. The van der Waals surface area contributed by atoms with Crippen LogP contribution >= 0.6 is 11.8 Å². The predicted molar refractivity (Wildman–Crippen MR) is 116 cm³/mol. The smallest absolute Gasteiger partial charge is 0.295 e. The van der Waals surface area contributed by atoms with Crippen molar-refractivity contribution in [2.24, 2.45) is 14.1 Å². The van der Waals surface area contributed by atoms with Crippen molar-refractivity contribution in [1.82, 2.24) is 14.0 Å². The topological polar surface area (TPSA) is 64.3 Å². The Morgan fingerprint density at radius 3 is 2.41 bits per heavy atom. The van der Waals surface area contributed by atoms with Gasteiger partial charge in [-0.3, -0.25) is 23.6 Å². The first kappa shape index (κ1) is 19.3. The van der Waals surface area contributed by atoms with Crippen LogP contribution in [-0.4, -0.2) is 31.7 Å². The molecule has 29 heavy (non-hydrogen) atoms. The molecule has 0 atom stereocenters. The first-order valence-electron chi connectivity index (χ1n) is 9.40. The van der Waals surface area contributed by atoms with Gasteiger partial charge in [-0.05, 0) is 53.9 Å². The minimum Gasteiger partial charge on any atom is -0.295 e. The maximum Gasteiger partial charge on any atom is 0.328 e. The zero-order valence-electron chi connectivity index (χ0n) is 16.3. The highest BCUT2D eigenvalue weighted by atomic mass is 32.2. The van der Waals surface area contributed by atoms with E-state index in [1.54, 1.807) is 29.3 Å². The second-order valence-corrected chi connectivity index (χ2v) is 8.06. The van der Waals surface area contributed by atoms with Crippen LogP contribution in [0.2, 0.25) is 0 Å². The molecular formula is C22H21N3O3S. The van der Waals surface area contributed by atoms with Crippen molar-refractivity contribution in [3.05, 3.63) is 75.0 Å². The van der Waals surface area contributed by atoms with Gasteiger partial charge >= 0.3 is 5.69 Å². The van der Waals surface area contributed by atoms with Crippen molar-refractivity contribution in [1.29, 1.82) is 0 Å². The van der Waals surface area contributed by atoms with E-state index < -0.39 is 0 Å². The van der Waals surface area contributed by atoms with Crippen LogP contribution < -0.4 is 5.69 Å². The van der Waals surface area contributed by atoms with E-state index in [0.717, 1.165) is 41.2 Å². The van der Waals surface area contributed by atoms with Crippen LogP contribution in [0.4, 0.5) is 4.79 Å². The summed E-state index contributed by atoms with van der Waals surface area (Å²) in [4.78, 5) is 38.8. The molecular weight excluding hydrogens is 386 g/mol. The van der Waals surface area contributed by atoms with E-state index in [0.29, 0.717) is 11.4 Å². The summed E-state index contributed by atoms with van der Waals surface area (Å²) in [5.41, 5.74) is 3.48. The first-order chi connectivity index (χ1) is 14.0. The maximum atomic E-state index is 12.7. The Balaban J connectivity index is 1.50. The van der Waals surface area contributed by atoms with Gasteiger partial charge in [0.2, 0.25) is 0 Å². The molecule has 4 rings (SSSR count). The van der Waals surface area contributed by atoms with Crippen LogP contribution in [-0.2, 0) is 25.3 Å². The number of fused-ring (bicyclic) bond motifs is 1. The minimum absolute atomic E-state index is 0.101. The first-order valence-corrected chi connectivity index (χ1v) is 10.2. The number of thioether (sulfide) groups is 1. The third-order valence-electron chi connectivity index (χ3n) is 5.16. The number of nitrogens with zero attached hydrogens (tertiary/aromatic N) is 3. The number of aryl methyl sites for hydroxylation is 3. The molecule has 148 valence electrons. The summed E-state index contributed by atoms with van der Waals surface area (Å²) in [6.07, 6.45) is 3.27. The molecule has 2 amide bonds. The molecule has 0 aliphatic carbocycles. The quantitative estimate of drug-likeness (QED) is 0.607. The fourth-order valence-corrected chi connectivity index (χ4v) is 4.41. The van der Waals surface area contributed by atoms with E-state index in [-0.39, 0.29) is 16.8 Å². The van der Waals surface area contributed by atoms with Crippen LogP contribution in [0.1, 0.15) is 17.5 Å². The van der Waals surface area contributed by atoms with E-state index in [2.05, 4.69) is 0 Å². The summed E-state index contributed by atoms with van der Waals surface area (Å²) < 4.78 is 3.15. The summed E-state index contributed by atoms with van der Waals surface area (Å²) in [5, 5.41) is -0.234. The van der Waals surface area contributed by atoms with Gasteiger partial charge in [0.05, 0.1) is 15.9 Å². The van der Waals surface area contributed by atoms with Gasteiger partial charge < -0.3 is 0 Å². The van der Waals surface area contributed by atoms with Gasteiger partial charge in [0.25, 0.3) is 11.1 Å². The van der Waals surface area contributed by atoms with E-state index in [9.17, 15) is 14.4 Å². The van der Waals surface area contributed by atoms with E-state index >= 15 is 0 Å². The lowest BCUT2D eigenvalue weighted by Crippen LogP contribution is -2.29. The van der Waals surface area contributed by atoms with Crippen molar-refractivity contribution < 1.29 is 9.59 Å². The molecule has 0 bridgehead atoms. The predicted octanol–water partition coefficient (Wildman–Crippen LogP) is 3.55. The zero-order chi connectivity index (χ0) is 20.5. The van der Waals surface area contributed by atoms with E-state index in [4.69, 9.17) is 0 Å². The molecule has 3 aromatic rings. The van der Waals surface area contributed by atoms with Crippen LogP contribution in [0.15, 0.2) is 58.2 Å². The van der Waals surface area contributed by atoms with Gasteiger partial charge in [-0.25, -0.2) is 4.79 Å². The maximum absolute atomic E-state index is 12.7. The Kier molecular flexibility index (Phi) is 5.15. The zero-order valence-corrected chi connectivity index (χ0v) is 17.1. The van der Waals surface area contributed by atoms with E-state index in [1.165, 1.54) is 10.5 Å². The second kappa shape index (κ2) is 7.75. The molecule has 1 aliphatic heterocycles.